The number of aryl methyl sites for hydroxylation is 1. The minimum Gasteiger partial charge on any atom is -0.487 e. The van der Waals surface area contributed by atoms with Gasteiger partial charge in [0.2, 0.25) is 0 Å². The third kappa shape index (κ3) is 3.51. The number of benzene rings is 2. The summed E-state index contributed by atoms with van der Waals surface area (Å²) in [5, 5.41) is 12.6. The van der Waals surface area contributed by atoms with Gasteiger partial charge in [-0.25, -0.2) is 9.67 Å². The number of tetrazole rings is 1. The molecule has 136 valence electrons. The summed E-state index contributed by atoms with van der Waals surface area (Å²) >= 11 is 0. The van der Waals surface area contributed by atoms with Crippen molar-refractivity contribution < 1.29 is 4.74 Å². The number of para-hydroxylation sites is 1. The average molecular weight is 359 g/mol. The summed E-state index contributed by atoms with van der Waals surface area (Å²) in [7, 11) is 0. The molecule has 0 aliphatic rings. The molecule has 0 saturated heterocycles. The van der Waals surface area contributed by atoms with Gasteiger partial charge < -0.3 is 4.74 Å². The van der Waals surface area contributed by atoms with Crippen molar-refractivity contribution in [3.05, 3.63) is 71.7 Å². The molecule has 0 spiro atoms. The molecular formula is C21H21N5O. The number of ether oxygens (including phenoxy) is 1. The van der Waals surface area contributed by atoms with Crippen LogP contribution in [0.4, 0.5) is 0 Å². The lowest BCUT2D eigenvalue weighted by molar-refractivity contribution is 0.297. The fourth-order valence-electron chi connectivity index (χ4n) is 3.12. The smallest absolute Gasteiger partial charge is 0.143 e. The van der Waals surface area contributed by atoms with Crippen molar-refractivity contribution >= 4 is 10.9 Å². The lowest BCUT2D eigenvalue weighted by atomic mass is 9.99. The van der Waals surface area contributed by atoms with Gasteiger partial charge in [-0.1, -0.05) is 38.1 Å². The highest BCUT2D eigenvalue weighted by molar-refractivity contribution is 5.78. The van der Waals surface area contributed by atoms with Gasteiger partial charge in [-0.2, -0.15) is 0 Å². The number of aromatic nitrogens is 5. The maximum atomic E-state index is 6.16. The maximum absolute atomic E-state index is 6.16. The van der Waals surface area contributed by atoms with Crippen LogP contribution in [0.3, 0.4) is 0 Å². The molecule has 0 bridgehead atoms. The second kappa shape index (κ2) is 7.15. The quantitative estimate of drug-likeness (QED) is 0.534. The maximum Gasteiger partial charge on any atom is 0.143 e. The Morgan fingerprint density at radius 3 is 2.70 bits per heavy atom. The first kappa shape index (κ1) is 17.1. The molecule has 6 heteroatoms. The standard InChI is InChI=1S/C21H21N5O/c1-14(2)18-11-20(26-13-22-24-25-26)15(3)10-21(18)27-12-17-9-8-16-6-4-5-7-19(16)23-17/h4-11,13-14H,12H2,1-3H3. The molecule has 0 aliphatic heterocycles. The summed E-state index contributed by atoms with van der Waals surface area (Å²) in [4.78, 5) is 4.69. The van der Waals surface area contributed by atoms with E-state index in [2.05, 4.69) is 52.6 Å². The van der Waals surface area contributed by atoms with E-state index in [1.807, 2.05) is 37.3 Å². The zero-order valence-corrected chi connectivity index (χ0v) is 15.6. The topological polar surface area (TPSA) is 65.7 Å². The van der Waals surface area contributed by atoms with E-state index in [1.54, 1.807) is 11.0 Å². The molecule has 0 N–H and O–H groups in total. The van der Waals surface area contributed by atoms with E-state index in [9.17, 15) is 0 Å². The monoisotopic (exact) mass is 359 g/mol. The van der Waals surface area contributed by atoms with Gasteiger partial charge in [0.15, 0.2) is 0 Å². The van der Waals surface area contributed by atoms with Crippen LogP contribution in [-0.2, 0) is 6.61 Å². The summed E-state index contributed by atoms with van der Waals surface area (Å²) in [5.41, 5.74) is 5.01. The Morgan fingerprint density at radius 1 is 1.07 bits per heavy atom. The van der Waals surface area contributed by atoms with Crippen molar-refractivity contribution in [1.82, 2.24) is 25.2 Å². The zero-order chi connectivity index (χ0) is 18.8. The first-order valence-corrected chi connectivity index (χ1v) is 8.97. The first-order valence-electron chi connectivity index (χ1n) is 8.97. The highest BCUT2D eigenvalue weighted by atomic mass is 16.5. The third-order valence-corrected chi connectivity index (χ3v) is 4.58. The van der Waals surface area contributed by atoms with Gasteiger partial charge in [0.25, 0.3) is 0 Å². The highest BCUT2D eigenvalue weighted by Crippen LogP contribution is 2.31. The van der Waals surface area contributed by atoms with Gasteiger partial charge in [0.05, 0.1) is 16.9 Å². The molecule has 6 nitrogen and oxygen atoms in total. The molecular weight excluding hydrogens is 338 g/mol. The molecule has 0 fully saturated rings. The molecule has 2 aromatic carbocycles. The van der Waals surface area contributed by atoms with Crippen molar-refractivity contribution in [2.45, 2.75) is 33.3 Å². The van der Waals surface area contributed by atoms with Gasteiger partial charge in [0.1, 0.15) is 18.7 Å². The number of rotatable bonds is 5. The van der Waals surface area contributed by atoms with Crippen LogP contribution in [0.5, 0.6) is 5.75 Å². The second-order valence-corrected chi connectivity index (χ2v) is 6.87. The normalized spacial score (nSPS) is 11.3. The van der Waals surface area contributed by atoms with Crippen LogP contribution in [-0.4, -0.2) is 25.2 Å². The molecule has 0 amide bonds. The fraction of sp³-hybridized carbons (Fsp3) is 0.238. The molecule has 4 aromatic rings. The molecule has 0 radical (unpaired) electrons. The predicted octanol–water partition coefficient (Wildman–Crippen LogP) is 4.22. The number of nitrogens with zero attached hydrogens (tertiary/aromatic N) is 5. The molecule has 0 saturated carbocycles. The summed E-state index contributed by atoms with van der Waals surface area (Å²) in [5.74, 6) is 1.18. The second-order valence-electron chi connectivity index (χ2n) is 6.87. The number of fused-ring (bicyclic) bond motifs is 1. The van der Waals surface area contributed by atoms with E-state index in [4.69, 9.17) is 4.74 Å². The van der Waals surface area contributed by atoms with Gasteiger partial charge in [-0.3, -0.25) is 0 Å². The largest absolute Gasteiger partial charge is 0.487 e. The Kier molecular flexibility index (Phi) is 4.54. The van der Waals surface area contributed by atoms with Crippen LogP contribution >= 0.6 is 0 Å². The van der Waals surface area contributed by atoms with Crippen molar-refractivity contribution in [3.63, 3.8) is 0 Å². The van der Waals surface area contributed by atoms with E-state index in [0.29, 0.717) is 12.5 Å². The van der Waals surface area contributed by atoms with E-state index >= 15 is 0 Å². The van der Waals surface area contributed by atoms with Crippen molar-refractivity contribution in [3.8, 4) is 11.4 Å². The number of hydrogen-bond acceptors (Lipinski definition) is 5. The Bertz CT molecular complexity index is 1070. The van der Waals surface area contributed by atoms with Crippen molar-refractivity contribution in [2.24, 2.45) is 0 Å². The van der Waals surface area contributed by atoms with Crippen LogP contribution in [0.1, 0.15) is 36.6 Å². The Balaban J connectivity index is 1.63. The average Bonchev–Trinajstić information content (AvgIpc) is 3.20. The minimum atomic E-state index is 0.306. The Morgan fingerprint density at radius 2 is 1.93 bits per heavy atom. The molecule has 27 heavy (non-hydrogen) atoms. The summed E-state index contributed by atoms with van der Waals surface area (Å²) in [6, 6.07) is 16.3. The minimum absolute atomic E-state index is 0.306. The predicted molar refractivity (Wildman–Crippen MR) is 104 cm³/mol. The number of hydrogen-bond donors (Lipinski definition) is 0. The molecule has 2 aromatic heterocycles. The lowest BCUT2D eigenvalue weighted by Crippen LogP contribution is -2.05. The first-order chi connectivity index (χ1) is 13.1. The van der Waals surface area contributed by atoms with Gasteiger partial charge in [-0.05, 0) is 58.7 Å². The summed E-state index contributed by atoms with van der Waals surface area (Å²) in [6.07, 6.45) is 1.60. The van der Waals surface area contributed by atoms with Crippen molar-refractivity contribution in [2.75, 3.05) is 0 Å². The summed E-state index contributed by atoms with van der Waals surface area (Å²) < 4.78 is 7.84. The van der Waals surface area contributed by atoms with Crippen LogP contribution in [0.2, 0.25) is 0 Å². The van der Waals surface area contributed by atoms with E-state index in [-0.39, 0.29) is 0 Å². The molecule has 0 unspecified atom stereocenters. The SMILES string of the molecule is Cc1cc(OCc2ccc3ccccc3n2)c(C(C)C)cc1-n1cnnn1. The van der Waals surface area contributed by atoms with E-state index < -0.39 is 0 Å². The summed E-state index contributed by atoms with van der Waals surface area (Å²) in [6.45, 7) is 6.75. The zero-order valence-electron chi connectivity index (χ0n) is 15.6. The van der Waals surface area contributed by atoms with Gasteiger partial charge in [0, 0.05) is 5.39 Å². The Hall–Kier alpha value is -3.28. The molecule has 2 heterocycles. The molecule has 0 atom stereocenters. The third-order valence-electron chi connectivity index (χ3n) is 4.58. The lowest BCUT2D eigenvalue weighted by Gasteiger charge is -2.17. The van der Waals surface area contributed by atoms with Gasteiger partial charge >= 0.3 is 0 Å². The van der Waals surface area contributed by atoms with Crippen LogP contribution in [0, 0.1) is 6.92 Å². The van der Waals surface area contributed by atoms with Crippen LogP contribution in [0.25, 0.3) is 16.6 Å². The van der Waals surface area contributed by atoms with E-state index in [0.717, 1.165) is 39.2 Å². The van der Waals surface area contributed by atoms with Crippen LogP contribution < -0.4 is 4.74 Å². The van der Waals surface area contributed by atoms with Gasteiger partial charge in [-0.15, -0.1) is 5.10 Å². The fourth-order valence-corrected chi connectivity index (χ4v) is 3.12. The van der Waals surface area contributed by atoms with E-state index in [1.165, 1.54) is 0 Å². The molecule has 0 aliphatic carbocycles. The van der Waals surface area contributed by atoms with Crippen molar-refractivity contribution in [1.29, 1.82) is 0 Å². The Labute approximate surface area is 157 Å². The highest BCUT2D eigenvalue weighted by Gasteiger charge is 2.14. The molecule has 4 rings (SSSR count). The van der Waals surface area contributed by atoms with Crippen LogP contribution in [0.15, 0.2) is 54.9 Å². The number of pyridine rings is 1.